The second kappa shape index (κ2) is 3.73. The van der Waals surface area contributed by atoms with E-state index in [1.807, 2.05) is 6.92 Å². The quantitative estimate of drug-likeness (QED) is 0.797. The second-order valence-electron chi connectivity index (χ2n) is 3.49. The summed E-state index contributed by atoms with van der Waals surface area (Å²) in [4.78, 5) is 11.4. The van der Waals surface area contributed by atoms with Crippen molar-refractivity contribution in [3.8, 4) is 0 Å². The van der Waals surface area contributed by atoms with Crippen molar-refractivity contribution >= 4 is 0 Å². The van der Waals surface area contributed by atoms with E-state index in [1.54, 1.807) is 12.1 Å². The van der Waals surface area contributed by atoms with E-state index in [1.165, 1.54) is 22.9 Å². The Hall–Kier alpha value is -1.84. The van der Waals surface area contributed by atoms with Crippen LogP contribution in [0.25, 0.3) is 0 Å². The van der Waals surface area contributed by atoms with Gasteiger partial charge < -0.3 is 0 Å². The largest absolute Gasteiger partial charge is 0.300 e. The number of aromatic amines is 1. The van der Waals surface area contributed by atoms with Gasteiger partial charge in [-0.25, -0.2) is 9.07 Å². The van der Waals surface area contributed by atoms with Crippen LogP contribution in [0.5, 0.6) is 0 Å². The van der Waals surface area contributed by atoms with E-state index in [4.69, 9.17) is 0 Å². The molecule has 3 nitrogen and oxygen atoms in total. The first-order chi connectivity index (χ1) is 7.15. The summed E-state index contributed by atoms with van der Waals surface area (Å²) in [5, 5.41) is 2.92. The highest BCUT2D eigenvalue weighted by atomic mass is 19.1. The molecule has 0 aliphatic heterocycles. The summed E-state index contributed by atoms with van der Waals surface area (Å²) >= 11 is 0. The average molecular weight is 206 g/mol. The van der Waals surface area contributed by atoms with Gasteiger partial charge in [0.2, 0.25) is 0 Å². The highest BCUT2D eigenvalue weighted by molar-refractivity contribution is 5.16. The molecule has 0 aliphatic carbocycles. The standard InChI is InChI=1S/C11H11FN2O/c1-8-6-11(15)14(13-8)7-9-2-4-10(12)5-3-9/h2-6,13H,7H2,1H3. The van der Waals surface area contributed by atoms with Crippen LogP contribution in [0.2, 0.25) is 0 Å². The topological polar surface area (TPSA) is 37.8 Å². The van der Waals surface area contributed by atoms with Crippen molar-refractivity contribution in [1.29, 1.82) is 0 Å². The predicted octanol–water partition coefficient (Wildman–Crippen LogP) is 1.67. The monoisotopic (exact) mass is 206 g/mol. The van der Waals surface area contributed by atoms with Crippen LogP contribution in [0, 0.1) is 12.7 Å². The van der Waals surface area contributed by atoms with Gasteiger partial charge in [0, 0.05) is 11.8 Å². The van der Waals surface area contributed by atoms with Crippen molar-refractivity contribution in [3.63, 3.8) is 0 Å². The Balaban J connectivity index is 2.25. The van der Waals surface area contributed by atoms with Crippen LogP contribution in [0.4, 0.5) is 4.39 Å². The minimum Gasteiger partial charge on any atom is -0.300 e. The Kier molecular flexibility index (Phi) is 2.41. The Morgan fingerprint density at radius 2 is 2.00 bits per heavy atom. The maximum atomic E-state index is 12.6. The minimum absolute atomic E-state index is 0.0724. The maximum absolute atomic E-state index is 12.6. The third kappa shape index (κ3) is 2.15. The van der Waals surface area contributed by atoms with Crippen LogP contribution in [-0.2, 0) is 6.54 Å². The summed E-state index contributed by atoms with van der Waals surface area (Å²) in [5.41, 5.74) is 1.64. The summed E-state index contributed by atoms with van der Waals surface area (Å²) < 4.78 is 14.1. The van der Waals surface area contributed by atoms with Gasteiger partial charge in [-0.05, 0) is 24.6 Å². The van der Waals surface area contributed by atoms with E-state index in [2.05, 4.69) is 5.10 Å². The number of hydrogen-bond acceptors (Lipinski definition) is 1. The van der Waals surface area contributed by atoms with Crippen LogP contribution < -0.4 is 5.56 Å². The third-order valence-electron chi connectivity index (χ3n) is 2.17. The first-order valence-corrected chi connectivity index (χ1v) is 4.66. The van der Waals surface area contributed by atoms with Gasteiger partial charge >= 0.3 is 0 Å². The molecule has 0 saturated heterocycles. The lowest BCUT2D eigenvalue weighted by atomic mass is 10.2. The fraction of sp³-hybridized carbons (Fsp3) is 0.182. The SMILES string of the molecule is Cc1cc(=O)n(Cc2ccc(F)cc2)[nH]1. The van der Waals surface area contributed by atoms with Crippen LogP contribution in [0.15, 0.2) is 35.1 Å². The van der Waals surface area contributed by atoms with E-state index in [9.17, 15) is 9.18 Å². The zero-order valence-corrected chi connectivity index (χ0v) is 8.33. The van der Waals surface area contributed by atoms with Gasteiger partial charge in [0.05, 0.1) is 6.54 Å². The zero-order chi connectivity index (χ0) is 10.8. The first kappa shape index (κ1) is 9.71. The lowest BCUT2D eigenvalue weighted by molar-refractivity contribution is 0.622. The van der Waals surface area contributed by atoms with Gasteiger partial charge in [0.15, 0.2) is 0 Å². The van der Waals surface area contributed by atoms with Gasteiger partial charge in [0.1, 0.15) is 5.82 Å². The van der Waals surface area contributed by atoms with Crippen LogP contribution in [0.3, 0.4) is 0 Å². The van der Waals surface area contributed by atoms with Crippen LogP contribution >= 0.6 is 0 Å². The van der Waals surface area contributed by atoms with Gasteiger partial charge in [-0.3, -0.25) is 9.89 Å². The molecule has 0 saturated carbocycles. The number of halogens is 1. The molecule has 0 unspecified atom stereocenters. The number of aromatic nitrogens is 2. The first-order valence-electron chi connectivity index (χ1n) is 4.66. The summed E-state index contributed by atoms with van der Waals surface area (Å²) in [6, 6.07) is 7.63. The fourth-order valence-corrected chi connectivity index (χ4v) is 1.45. The Morgan fingerprint density at radius 3 is 2.53 bits per heavy atom. The Morgan fingerprint density at radius 1 is 1.33 bits per heavy atom. The third-order valence-corrected chi connectivity index (χ3v) is 2.17. The van der Waals surface area contributed by atoms with E-state index in [0.717, 1.165) is 11.3 Å². The van der Waals surface area contributed by atoms with E-state index in [0.29, 0.717) is 6.54 Å². The van der Waals surface area contributed by atoms with Crippen molar-refractivity contribution in [2.75, 3.05) is 0 Å². The molecule has 1 N–H and O–H groups in total. The molecular formula is C11H11FN2O. The highest BCUT2D eigenvalue weighted by Crippen LogP contribution is 2.03. The lowest BCUT2D eigenvalue weighted by Gasteiger charge is -2.01. The Bertz CT molecular complexity index is 510. The molecule has 0 radical (unpaired) electrons. The molecule has 4 heteroatoms. The van der Waals surface area contributed by atoms with Crippen molar-refractivity contribution < 1.29 is 4.39 Å². The highest BCUT2D eigenvalue weighted by Gasteiger charge is 2.00. The summed E-state index contributed by atoms with van der Waals surface area (Å²) in [7, 11) is 0. The minimum atomic E-state index is -0.270. The van der Waals surface area contributed by atoms with Crippen molar-refractivity contribution in [2.45, 2.75) is 13.5 Å². The molecule has 0 spiro atoms. The Labute approximate surface area is 86.2 Å². The van der Waals surface area contributed by atoms with E-state index < -0.39 is 0 Å². The van der Waals surface area contributed by atoms with Crippen molar-refractivity contribution in [2.24, 2.45) is 0 Å². The molecule has 0 fully saturated rings. The number of nitrogens with one attached hydrogen (secondary N) is 1. The summed E-state index contributed by atoms with van der Waals surface area (Å²) in [5.74, 6) is -0.270. The molecule has 2 rings (SSSR count). The molecule has 0 amide bonds. The van der Waals surface area contributed by atoms with Crippen LogP contribution in [-0.4, -0.2) is 9.78 Å². The molecule has 1 heterocycles. The molecule has 2 aromatic rings. The molecule has 1 aromatic carbocycles. The number of rotatable bonds is 2. The predicted molar refractivity (Wildman–Crippen MR) is 55.3 cm³/mol. The molecule has 15 heavy (non-hydrogen) atoms. The second-order valence-corrected chi connectivity index (χ2v) is 3.49. The fourth-order valence-electron chi connectivity index (χ4n) is 1.45. The molecular weight excluding hydrogens is 195 g/mol. The molecule has 0 aliphatic rings. The van der Waals surface area contributed by atoms with E-state index in [-0.39, 0.29) is 11.4 Å². The van der Waals surface area contributed by atoms with Gasteiger partial charge in [-0.1, -0.05) is 12.1 Å². The number of H-pyrrole nitrogens is 1. The smallest absolute Gasteiger partial charge is 0.267 e. The molecule has 78 valence electrons. The van der Waals surface area contributed by atoms with Crippen molar-refractivity contribution in [1.82, 2.24) is 9.78 Å². The average Bonchev–Trinajstić information content (AvgIpc) is 2.49. The number of aryl methyl sites for hydroxylation is 1. The number of benzene rings is 1. The summed E-state index contributed by atoms with van der Waals surface area (Å²) in [6.45, 7) is 2.26. The normalized spacial score (nSPS) is 10.5. The van der Waals surface area contributed by atoms with Crippen molar-refractivity contribution in [3.05, 3.63) is 57.8 Å². The number of hydrogen-bond donors (Lipinski definition) is 1. The number of nitrogens with zero attached hydrogens (tertiary/aromatic N) is 1. The van der Waals surface area contributed by atoms with E-state index >= 15 is 0 Å². The molecule has 1 aromatic heterocycles. The zero-order valence-electron chi connectivity index (χ0n) is 8.33. The van der Waals surface area contributed by atoms with Gasteiger partial charge in [-0.15, -0.1) is 0 Å². The van der Waals surface area contributed by atoms with Crippen LogP contribution in [0.1, 0.15) is 11.3 Å². The molecule has 0 atom stereocenters. The van der Waals surface area contributed by atoms with Gasteiger partial charge in [-0.2, -0.15) is 0 Å². The van der Waals surface area contributed by atoms with Gasteiger partial charge in [0.25, 0.3) is 5.56 Å². The maximum Gasteiger partial charge on any atom is 0.267 e. The molecule has 0 bridgehead atoms. The lowest BCUT2D eigenvalue weighted by Crippen LogP contribution is -2.16. The summed E-state index contributed by atoms with van der Waals surface area (Å²) in [6.07, 6.45) is 0.